The van der Waals surface area contributed by atoms with Crippen molar-refractivity contribution in [2.24, 2.45) is 5.92 Å². The van der Waals surface area contributed by atoms with Crippen LogP contribution in [0.1, 0.15) is 285 Å². The maximum atomic E-state index is 12.7. The Hall–Kier alpha value is -1.59. The highest BCUT2D eigenvalue weighted by molar-refractivity contribution is 5.71. The molecule has 57 heavy (non-hydrogen) atoms. The summed E-state index contributed by atoms with van der Waals surface area (Å²) in [5.41, 5.74) is 0. The molecule has 1 atom stereocenters. The molecule has 338 valence electrons. The third kappa shape index (κ3) is 45.3. The van der Waals surface area contributed by atoms with Crippen LogP contribution in [-0.2, 0) is 28.6 Å². The third-order valence-electron chi connectivity index (χ3n) is 11.5. The van der Waals surface area contributed by atoms with Gasteiger partial charge in [-0.1, -0.05) is 246 Å². The van der Waals surface area contributed by atoms with Crippen LogP contribution in [0.15, 0.2) is 0 Å². The number of ether oxygens (including phenoxy) is 3. The van der Waals surface area contributed by atoms with Gasteiger partial charge in [0.15, 0.2) is 6.10 Å². The molecule has 0 fully saturated rings. The lowest BCUT2D eigenvalue weighted by atomic mass is 10.0. The van der Waals surface area contributed by atoms with Crippen molar-refractivity contribution in [1.29, 1.82) is 0 Å². The van der Waals surface area contributed by atoms with Gasteiger partial charge in [-0.15, -0.1) is 0 Å². The molecule has 0 aromatic rings. The maximum absolute atomic E-state index is 12.7. The molecule has 6 nitrogen and oxygen atoms in total. The average molecular weight is 807 g/mol. The van der Waals surface area contributed by atoms with Crippen molar-refractivity contribution >= 4 is 17.9 Å². The van der Waals surface area contributed by atoms with Crippen LogP contribution in [0.4, 0.5) is 0 Å². The lowest BCUT2D eigenvalue weighted by Crippen LogP contribution is -2.30. The molecule has 0 saturated carbocycles. The zero-order valence-electron chi connectivity index (χ0n) is 38.8. The van der Waals surface area contributed by atoms with Crippen LogP contribution >= 0.6 is 0 Å². The second-order valence-corrected chi connectivity index (χ2v) is 17.9. The molecular weight excluding hydrogens is 709 g/mol. The summed E-state index contributed by atoms with van der Waals surface area (Å²) >= 11 is 0. The number of rotatable bonds is 46. The Balaban J connectivity index is 4.07. The molecule has 0 unspecified atom stereocenters. The summed E-state index contributed by atoms with van der Waals surface area (Å²) in [7, 11) is 0. The van der Waals surface area contributed by atoms with Gasteiger partial charge < -0.3 is 14.2 Å². The molecule has 0 aliphatic carbocycles. The minimum absolute atomic E-state index is 0.0639. The molecule has 0 spiro atoms. The summed E-state index contributed by atoms with van der Waals surface area (Å²) in [6.45, 7) is 8.96. The summed E-state index contributed by atoms with van der Waals surface area (Å²) in [5.74, 6) is -0.00254. The third-order valence-corrected chi connectivity index (χ3v) is 11.5. The van der Waals surface area contributed by atoms with E-state index < -0.39 is 6.10 Å². The molecule has 0 radical (unpaired) electrons. The first-order valence-corrected chi connectivity index (χ1v) is 25.4. The van der Waals surface area contributed by atoms with E-state index in [1.807, 2.05) is 0 Å². The molecule has 6 heteroatoms. The molecule has 0 aromatic carbocycles. The van der Waals surface area contributed by atoms with Crippen LogP contribution in [0.5, 0.6) is 0 Å². The number of hydrogen-bond acceptors (Lipinski definition) is 6. The van der Waals surface area contributed by atoms with Crippen molar-refractivity contribution in [1.82, 2.24) is 0 Å². The lowest BCUT2D eigenvalue weighted by molar-refractivity contribution is -0.167. The maximum Gasteiger partial charge on any atom is 0.306 e. The highest BCUT2D eigenvalue weighted by Crippen LogP contribution is 2.17. The van der Waals surface area contributed by atoms with Crippen molar-refractivity contribution < 1.29 is 28.6 Å². The summed E-state index contributed by atoms with van der Waals surface area (Å²) < 4.78 is 16.7. The van der Waals surface area contributed by atoms with Crippen molar-refractivity contribution in [3.63, 3.8) is 0 Å². The standard InChI is InChI=1S/C51H98O6/c1-5-7-9-11-12-13-14-21-25-28-31-35-39-43-50(53)56-46-48(45-55-49(52)42-38-33-10-8-6-2)57-51(54)44-40-36-32-29-26-23-20-18-16-15-17-19-22-24-27-30-34-37-41-47(3)4/h47-48H,5-46H2,1-4H3/t48-/m1/s1. The molecule has 0 aliphatic rings. The Labute approximate surface area is 355 Å². The summed E-state index contributed by atoms with van der Waals surface area (Å²) in [6.07, 6.45) is 47.0. The Morgan fingerprint density at radius 2 is 0.579 bits per heavy atom. The van der Waals surface area contributed by atoms with E-state index in [0.29, 0.717) is 19.3 Å². The first kappa shape index (κ1) is 55.4. The minimum Gasteiger partial charge on any atom is -0.462 e. The van der Waals surface area contributed by atoms with Crippen LogP contribution in [0.2, 0.25) is 0 Å². The number of carbonyl (C=O) groups is 3. The fraction of sp³-hybridized carbons (Fsp3) is 0.941. The van der Waals surface area contributed by atoms with Gasteiger partial charge in [-0.25, -0.2) is 0 Å². The highest BCUT2D eigenvalue weighted by Gasteiger charge is 2.19. The number of hydrogen-bond donors (Lipinski definition) is 0. The van der Waals surface area contributed by atoms with E-state index >= 15 is 0 Å². The summed E-state index contributed by atoms with van der Waals surface area (Å²) in [4.78, 5) is 37.6. The van der Waals surface area contributed by atoms with E-state index in [4.69, 9.17) is 14.2 Å². The highest BCUT2D eigenvalue weighted by atomic mass is 16.6. The van der Waals surface area contributed by atoms with Crippen LogP contribution in [0, 0.1) is 5.92 Å². The van der Waals surface area contributed by atoms with Crippen LogP contribution in [0.25, 0.3) is 0 Å². The van der Waals surface area contributed by atoms with Crippen molar-refractivity contribution in [2.75, 3.05) is 13.2 Å². The van der Waals surface area contributed by atoms with Crippen molar-refractivity contribution in [2.45, 2.75) is 291 Å². The SMILES string of the molecule is CCCCCCCCCCCCCCCC(=O)OC[C@@H](COC(=O)CCCCCCC)OC(=O)CCCCCCCCCCCCCCCCCCCCC(C)C. The van der Waals surface area contributed by atoms with Gasteiger partial charge in [0.05, 0.1) is 0 Å². The Kier molecular flexibility index (Phi) is 44.2. The van der Waals surface area contributed by atoms with Gasteiger partial charge in [-0.05, 0) is 25.2 Å². The normalized spacial score (nSPS) is 11.9. The fourth-order valence-electron chi connectivity index (χ4n) is 7.69. The van der Waals surface area contributed by atoms with Crippen molar-refractivity contribution in [3.8, 4) is 0 Å². The molecule has 0 bridgehead atoms. The number of unbranched alkanes of at least 4 members (excludes halogenated alkanes) is 33. The van der Waals surface area contributed by atoms with Gasteiger partial charge in [0, 0.05) is 19.3 Å². The van der Waals surface area contributed by atoms with Crippen LogP contribution in [0.3, 0.4) is 0 Å². The zero-order valence-corrected chi connectivity index (χ0v) is 38.8. The second-order valence-electron chi connectivity index (χ2n) is 17.9. The van der Waals surface area contributed by atoms with Gasteiger partial charge >= 0.3 is 17.9 Å². The summed E-state index contributed by atoms with van der Waals surface area (Å²) in [6, 6.07) is 0. The van der Waals surface area contributed by atoms with E-state index in [1.54, 1.807) is 0 Å². The topological polar surface area (TPSA) is 78.9 Å². The molecule has 0 N–H and O–H groups in total. The van der Waals surface area contributed by atoms with E-state index in [1.165, 1.54) is 173 Å². The second kappa shape index (κ2) is 45.5. The van der Waals surface area contributed by atoms with Crippen molar-refractivity contribution in [3.05, 3.63) is 0 Å². The molecule has 0 saturated heterocycles. The lowest BCUT2D eigenvalue weighted by Gasteiger charge is -2.18. The Morgan fingerprint density at radius 3 is 0.860 bits per heavy atom. The predicted molar refractivity (Wildman–Crippen MR) is 243 cm³/mol. The van der Waals surface area contributed by atoms with E-state index in [0.717, 1.165) is 70.1 Å². The smallest absolute Gasteiger partial charge is 0.306 e. The van der Waals surface area contributed by atoms with Crippen LogP contribution in [-0.4, -0.2) is 37.2 Å². The number of carbonyl (C=O) groups excluding carboxylic acids is 3. The van der Waals surface area contributed by atoms with Gasteiger partial charge in [-0.3, -0.25) is 14.4 Å². The Morgan fingerprint density at radius 1 is 0.333 bits per heavy atom. The monoisotopic (exact) mass is 807 g/mol. The van der Waals surface area contributed by atoms with Gasteiger partial charge in [-0.2, -0.15) is 0 Å². The van der Waals surface area contributed by atoms with Gasteiger partial charge in [0.2, 0.25) is 0 Å². The molecule has 0 aromatic heterocycles. The quantitative estimate of drug-likeness (QED) is 0.0346. The molecule has 0 aliphatic heterocycles. The first-order chi connectivity index (χ1) is 27.9. The largest absolute Gasteiger partial charge is 0.462 e. The predicted octanol–water partition coefficient (Wildman–Crippen LogP) is 16.3. The summed E-state index contributed by atoms with van der Waals surface area (Å²) in [5, 5.41) is 0. The minimum atomic E-state index is -0.758. The first-order valence-electron chi connectivity index (χ1n) is 25.4. The fourth-order valence-corrected chi connectivity index (χ4v) is 7.69. The average Bonchev–Trinajstić information content (AvgIpc) is 3.19. The Bertz CT molecular complexity index is 857. The molecule has 0 amide bonds. The van der Waals surface area contributed by atoms with E-state index in [-0.39, 0.29) is 31.1 Å². The van der Waals surface area contributed by atoms with Crippen LogP contribution < -0.4 is 0 Å². The number of esters is 3. The van der Waals surface area contributed by atoms with E-state index in [2.05, 4.69) is 27.7 Å². The van der Waals surface area contributed by atoms with Gasteiger partial charge in [0.25, 0.3) is 0 Å². The molecule has 0 heterocycles. The molecule has 0 rings (SSSR count). The molecular formula is C51H98O6. The zero-order chi connectivity index (χ0) is 41.7. The van der Waals surface area contributed by atoms with E-state index in [9.17, 15) is 14.4 Å². The van der Waals surface area contributed by atoms with Gasteiger partial charge in [0.1, 0.15) is 13.2 Å².